The molecule has 0 unspecified atom stereocenters. The zero-order valence-electron chi connectivity index (χ0n) is 13.8. The number of aromatic amines is 1. The topological polar surface area (TPSA) is 60.9 Å². The Morgan fingerprint density at radius 3 is 2.62 bits per heavy atom. The van der Waals surface area contributed by atoms with Crippen molar-refractivity contribution in [1.82, 2.24) is 15.5 Å². The smallest absolute Gasteiger partial charge is 0.0535 e. The van der Waals surface area contributed by atoms with Crippen LogP contribution < -0.4 is 5.32 Å². The second kappa shape index (κ2) is 6.93. The summed E-state index contributed by atoms with van der Waals surface area (Å²) >= 11 is 0. The molecule has 0 saturated heterocycles. The van der Waals surface area contributed by atoms with E-state index < -0.39 is 0 Å². The highest BCUT2D eigenvalue weighted by atomic mass is 16.3. The van der Waals surface area contributed by atoms with Gasteiger partial charge in [0.05, 0.1) is 6.20 Å². The molecule has 120 valence electrons. The average molecular weight is 293 g/mol. The van der Waals surface area contributed by atoms with Crippen molar-refractivity contribution >= 4 is 0 Å². The fraction of sp³-hybridized carbons (Fsp3) is 0.824. The maximum atomic E-state index is 9.38. The molecule has 0 aliphatic heterocycles. The van der Waals surface area contributed by atoms with Gasteiger partial charge in [-0.05, 0) is 24.7 Å². The van der Waals surface area contributed by atoms with Crippen LogP contribution in [-0.4, -0.2) is 28.5 Å². The molecule has 21 heavy (non-hydrogen) atoms. The molecule has 0 bridgehead atoms. The van der Waals surface area contributed by atoms with Crippen LogP contribution >= 0.6 is 0 Å². The molecule has 1 aromatic rings. The van der Waals surface area contributed by atoms with Gasteiger partial charge in [-0.2, -0.15) is 5.10 Å². The van der Waals surface area contributed by atoms with Crippen molar-refractivity contribution in [2.24, 2.45) is 5.41 Å². The minimum atomic E-state index is 0.0984. The Morgan fingerprint density at radius 2 is 2.00 bits per heavy atom. The fourth-order valence-corrected chi connectivity index (χ4v) is 3.61. The summed E-state index contributed by atoms with van der Waals surface area (Å²) in [5, 5.41) is 20.3. The zero-order chi connectivity index (χ0) is 15.3. The standard InChI is InChI=1S/C17H31N3O/c1-16(2,3)15-14(12-19-20-15)11-18-13-17(9-10-21)7-5-4-6-8-17/h12,18,21H,4-11,13H2,1-3H3,(H,19,20). The highest BCUT2D eigenvalue weighted by Gasteiger charge is 2.31. The number of hydrogen-bond acceptors (Lipinski definition) is 3. The van der Waals surface area contributed by atoms with Crippen LogP contribution in [0.5, 0.6) is 0 Å². The van der Waals surface area contributed by atoms with Crippen molar-refractivity contribution < 1.29 is 5.11 Å². The number of aromatic nitrogens is 2. The molecule has 4 nitrogen and oxygen atoms in total. The van der Waals surface area contributed by atoms with E-state index in [2.05, 4.69) is 36.3 Å². The van der Waals surface area contributed by atoms with Gasteiger partial charge in [0.15, 0.2) is 0 Å². The van der Waals surface area contributed by atoms with Crippen molar-refractivity contribution in [2.45, 2.75) is 71.3 Å². The maximum absolute atomic E-state index is 9.38. The lowest BCUT2D eigenvalue weighted by Gasteiger charge is -2.37. The SMILES string of the molecule is CC(C)(C)c1[nH]ncc1CNCC1(CCO)CCCCC1. The van der Waals surface area contributed by atoms with E-state index in [1.54, 1.807) is 0 Å². The maximum Gasteiger partial charge on any atom is 0.0535 e. The fourth-order valence-electron chi connectivity index (χ4n) is 3.61. The summed E-state index contributed by atoms with van der Waals surface area (Å²) < 4.78 is 0. The number of aliphatic hydroxyl groups excluding tert-OH is 1. The summed E-state index contributed by atoms with van der Waals surface area (Å²) in [5.74, 6) is 0. The van der Waals surface area contributed by atoms with Crippen LogP contribution in [0.1, 0.15) is 70.6 Å². The molecule has 1 fully saturated rings. The molecule has 0 amide bonds. The van der Waals surface area contributed by atoms with Crippen LogP contribution in [0, 0.1) is 5.41 Å². The Hall–Kier alpha value is -0.870. The van der Waals surface area contributed by atoms with Crippen LogP contribution in [0.25, 0.3) is 0 Å². The van der Waals surface area contributed by atoms with Gasteiger partial charge in [-0.25, -0.2) is 0 Å². The quantitative estimate of drug-likeness (QED) is 0.755. The highest BCUT2D eigenvalue weighted by Crippen LogP contribution is 2.38. The number of hydrogen-bond donors (Lipinski definition) is 3. The number of aliphatic hydroxyl groups is 1. The Labute approximate surface area is 128 Å². The predicted octanol–water partition coefficient (Wildman–Crippen LogP) is 3.13. The van der Waals surface area contributed by atoms with Crippen molar-refractivity contribution in [1.29, 1.82) is 0 Å². The molecule has 1 aliphatic rings. The van der Waals surface area contributed by atoms with E-state index in [0.29, 0.717) is 12.0 Å². The summed E-state index contributed by atoms with van der Waals surface area (Å²) in [6.07, 6.45) is 9.32. The van der Waals surface area contributed by atoms with Crippen LogP contribution in [0.2, 0.25) is 0 Å². The predicted molar refractivity (Wildman–Crippen MR) is 86.2 cm³/mol. The van der Waals surface area contributed by atoms with Crippen LogP contribution in [0.15, 0.2) is 6.20 Å². The van der Waals surface area contributed by atoms with Gasteiger partial charge in [-0.15, -0.1) is 0 Å². The first-order valence-corrected chi connectivity index (χ1v) is 8.31. The number of H-pyrrole nitrogens is 1. The van der Waals surface area contributed by atoms with Crippen molar-refractivity contribution in [3.63, 3.8) is 0 Å². The molecular weight excluding hydrogens is 262 g/mol. The summed E-state index contributed by atoms with van der Waals surface area (Å²) in [4.78, 5) is 0. The van der Waals surface area contributed by atoms with E-state index in [4.69, 9.17) is 0 Å². The minimum absolute atomic E-state index is 0.0984. The van der Waals surface area contributed by atoms with Crippen molar-refractivity contribution in [3.8, 4) is 0 Å². The van der Waals surface area contributed by atoms with Crippen LogP contribution in [0.4, 0.5) is 0 Å². The Bertz CT molecular complexity index is 422. The van der Waals surface area contributed by atoms with E-state index in [0.717, 1.165) is 19.5 Å². The molecule has 4 heteroatoms. The third-order valence-electron chi connectivity index (χ3n) is 4.84. The molecule has 0 aromatic carbocycles. The van der Waals surface area contributed by atoms with E-state index >= 15 is 0 Å². The first-order valence-electron chi connectivity index (χ1n) is 8.31. The van der Waals surface area contributed by atoms with E-state index in [1.165, 1.54) is 43.4 Å². The first kappa shape index (κ1) is 16.5. The lowest BCUT2D eigenvalue weighted by molar-refractivity contribution is 0.126. The number of nitrogens with zero attached hydrogens (tertiary/aromatic N) is 1. The van der Waals surface area contributed by atoms with Gasteiger partial charge in [0, 0.05) is 36.4 Å². The molecular formula is C17H31N3O. The van der Waals surface area contributed by atoms with Gasteiger partial charge < -0.3 is 10.4 Å². The number of nitrogens with one attached hydrogen (secondary N) is 2. The lowest BCUT2D eigenvalue weighted by Crippen LogP contribution is -2.37. The van der Waals surface area contributed by atoms with Crippen LogP contribution in [-0.2, 0) is 12.0 Å². The molecule has 0 atom stereocenters. The van der Waals surface area contributed by atoms with Gasteiger partial charge in [0.25, 0.3) is 0 Å². The zero-order valence-corrected chi connectivity index (χ0v) is 13.8. The van der Waals surface area contributed by atoms with E-state index in [9.17, 15) is 5.11 Å². The van der Waals surface area contributed by atoms with E-state index in [-0.39, 0.29) is 5.41 Å². The molecule has 0 radical (unpaired) electrons. The van der Waals surface area contributed by atoms with Gasteiger partial charge in [0.1, 0.15) is 0 Å². The molecule has 3 N–H and O–H groups in total. The van der Waals surface area contributed by atoms with Gasteiger partial charge in [-0.3, -0.25) is 5.10 Å². The second-order valence-electron chi connectivity index (χ2n) is 7.66. The third-order valence-corrected chi connectivity index (χ3v) is 4.84. The van der Waals surface area contributed by atoms with E-state index in [1.807, 2.05) is 6.20 Å². The first-order chi connectivity index (χ1) is 9.97. The molecule has 1 aliphatic carbocycles. The Kier molecular flexibility index (Phi) is 5.44. The second-order valence-corrected chi connectivity index (χ2v) is 7.66. The molecule has 1 aromatic heterocycles. The molecule has 0 spiro atoms. The Balaban J connectivity index is 1.92. The largest absolute Gasteiger partial charge is 0.396 e. The van der Waals surface area contributed by atoms with Crippen molar-refractivity contribution in [3.05, 3.63) is 17.5 Å². The van der Waals surface area contributed by atoms with Gasteiger partial charge in [0.2, 0.25) is 0 Å². The summed E-state index contributed by atoms with van der Waals surface area (Å²) in [6, 6.07) is 0. The Morgan fingerprint density at radius 1 is 1.29 bits per heavy atom. The summed E-state index contributed by atoms with van der Waals surface area (Å²) in [7, 11) is 0. The molecule has 1 heterocycles. The number of rotatable bonds is 6. The van der Waals surface area contributed by atoms with Gasteiger partial charge >= 0.3 is 0 Å². The van der Waals surface area contributed by atoms with Crippen LogP contribution in [0.3, 0.4) is 0 Å². The minimum Gasteiger partial charge on any atom is -0.396 e. The van der Waals surface area contributed by atoms with Gasteiger partial charge in [-0.1, -0.05) is 40.0 Å². The highest BCUT2D eigenvalue weighted by molar-refractivity contribution is 5.23. The average Bonchev–Trinajstić information content (AvgIpc) is 2.88. The summed E-state index contributed by atoms with van der Waals surface area (Å²) in [6.45, 7) is 8.79. The monoisotopic (exact) mass is 293 g/mol. The third kappa shape index (κ3) is 4.30. The molecule has 2 rings (SSSR count). The molecule has 1 saturated carbocycles. The lowest BCUT2D eigenvalue weighted by atomic mass is 9.72. The van der Waals surface area contributed by atoms with Crippen molar-refractivity contribution in [2.75, 3.05) is 13.2 Å². The normalized spacial score (nSPS) is 18.9. The summed E-state index contributed by atoms with van der Waals surface area (Å²) in [5.41, 5.74) is 2.88.